The van der Waals surface area contributed by atoms with Crippen LogP contribution in [0, 0.1) is 0 Å². The highest BCUT2D eigenvalue weighted by molar-refractivity contribution is 6.09. The number of carbonyl (C=O) groups excluding carboxylic acids is 1. The molecule has 0 aliphatic carbocycles. The fraction of sp³-hybridized carbons (Fsp3) is 0.304. The number of rotatable bonds is 9. The molecule has 2 aromatic carbocycles. The van der Waals surface area contributed by atoms with E-state index in [4.69, 9.17) is 9.47 Å². The van der Waals surface area contributed by atoms with Gasteiger partial charge in [0.25, 0.3) is 0 Å². The van der Waals surface area contributed by atoms with Crippen molar-refractivity contribution in [3.05, 3.63) is 77.4 Å². The molecule has 0 spiro atoms. The minimum atomic E-state index is -0.108. The molecule has 0 atom stereocenters. The molecule has 0 radical (unpaired) electrons. The molecule has 0 saturated heterocycles. The molecule has 0 aliphatic heterocycles. The van der Waals surface area contributed by atoms with Gasteiger partial charge in [-0.25, -0.2) is 4.98 Å². The van der Waals surface area contributed by atoms with Gasteiger partial charge in [-0.3, -0.25) is 4.79 Å². The highest BCUT2D eigenvalue weighted by Crippen LogP contribution is 2.28. The fourth-order valence-electron chi connectivity index (χ4n) is 3.04. The van der Waals surface area contributed by atoms with E-state index >= 15 is 0 Å². The standard InChI is InChI=1S/C23H26N2O3/c1-4-5-11-22-24-15-20(25(22)2)23(26)19-13-12-18(27-3)14-21(19)28-16-17-9-7-6-8-10-17/h6-10,12-15H,4-5,11,16H2,1-3H3. The molecule has 28 heavy (non-hydrogen) atoms. The zero-order chi connectivity index (χ0) is 19.9. The van der Waals surface area contributed by atoms with E-state index in [0.717, 1.165) is 30.7 Å². The predicted molar refractivity (Wildman–Crippen MR) is 109 cm³/mol. The van der Waals surface area contributed by atoms with Gasteiger partial charge in [0.1, 0.15) is 29.6 Å². The highest BCUT2D eigenvalue weighted by atomic mass is 16.5. The number of ketones is 1. The maximum atomic E-state index is 13.2. The summed E-state index contributed by atoms with van der Waals surface area (Å²) in [5.74, 6) is 1.96. The molecule has 1 heterocycles. The predicted octanol–water partition coefficient (Wildman–Crippen LogP) is 4.58. The molecule has 0 aliphatic rings. The molecular formula is C23H26N2O3. The number of methoxy groups -OCH3 is 1. The zero-order valence-electron chi connectivity index (χ0n) is 16.6. The Hall–Kier alpha value is -3.08. The number of carbonyl (C=O) groups is 1. The molecule has 5 nitrogen and oxygen atoms in total. The van der Waals surface area contributed by atoms with Gasteiger partial charge in [0.2, 0.25) is 5.78 Å². The van der Waals surface area contributed by atoms with Crippen molar-refractivity contribution in [1.29, 1.82) is 0 Å². The maximum absolute atomic E-state index is 13.2. The summed E-state index contributed by atoms with van der Waals surface area (Å²) >= 11 is 0. The minimum Gasteiger partial charge on any atom is -0.497 e. The van der Waals surface area contributed by atoms with Gasteiger partial charge in [-0.1, -0.05) is 43.7 Å². The average Bonchev–Trinajstić information content (AvgIpc) is 3.11. The van der Waals surface area contributed by atoms with Crippen molar-refractivity contribution in [2.45, 2.75) is 32.8 Å². The first-order valence-electron chi connectivity index (χ1n) is 9.54. The summed E-state index contributed by atoms with van der Waals surface area (Å²) in [6.07, 6.45) is 4.65. The topological polar surface area (TPSA) is 53.4 Å². The first-order valence-corrected chi connectivity index (χ1v) is 9.54. The summed E-state index contributed by atoms with van der Waals surface area (Å²) in [5, 5.41) is 0. The Balaban J connectivity index is 1.88. The number of ether oxygens (including phenoxy) is 2. The summed E-state index contributed by atoms with van der Waals surface area (Å²) in [7, 11) is 3.48. The Kier molecular flexibility index (Phi) is 6.48. The number of aromatic nitrogens is 2. The van der Waals surface area contributed by atoms with E-state index in [9.17, 15) is 4.79 Å². The monoisotopic (exact) mass is 378 g/mol. The van der Waals surface area contributed by atoms with E-state index in [1.54, 1.807) is 31.5 Å². The first kappa shape index (κ1) is 19.7. The van der Waals surface area contributed by atoms with Crippen molar-refractivity contribution >= 4 is 5.78 Å². The summed E-state index contributed by atoms with van der Waals surface area (Å²) < 4.78 is 13.2. The van der Waals surface area contributed by atoms with E-state index in [1.165, 1.54) is 0 Å². The Labute approximate surface area is 165 Å². The molecule has 3 aromatic rings. The third-order valence-electron chi connectivity index (χ3n) is 4.74. The Morgan fingerprint density at radius 1 is 1.14 bits per heavy atom. The van der Waals surface area contributed by atoms with Gasteiger partial charge in [0.05, 0.1) is 18.9 Å². The number of hydrogen-bond donors (Lipinski definition) is 0. The van der Waals surface area contributed by atoms with E-state index in [1.807, 2.05) is 41.9 Å². The largest absolute Gasteiger partial charge is 0.497 e. The van der Waals surface area contributed by atoms with E-state index in [-0.39, 0.29) is 5.78 Å². The lowest BCUT2D eigenvalue weighted by Crippen LogP contribution is -2.11. The van der Waals surface area contributed by atoms with Crippen molar-refractivity contribution < 1.29 is 14.3 Å². The molecule has 0 saturated carbocycles. The van der Waals surface area contributed by atoms with Gasteiger partial charge in [0.15, 0.2) is 0 Å². The second-order valence-corrected chi connectivity index (χ2v) is 6.69. The quantitative estimate of drug-likeness (QED) is 0.511. The van der Waals surface area contributed by atoms with Crippen LogP contribution in [0.1, 0.15) is 47.2 Å². The van der Waals surface area contributed by atoms with Gasteiger partial charge in [-0.2, -0.15) is 0 Å². The first-order chi connectivity index (χ1) is 13.6. The normalized spacial score (nSPS) is 10.7. The van der Waals surface area contributed by atoms with E-state index in [0.29, 0.717) is 29.4 Å². The minimum absolute atomic E-state index is 0.108. The van der Waals surface area contributed by atoms with E-state index < -0.39 is 0 Å². The number of imidazole rings is 1. The fourth-order valence-corrected chi connectivity index (χ4v) is 3.04. The van der Waals surface area contributed by atoms with Crippen LogP contribution in [0.4, 0.5) is 0 Å². The summed E-state index contributed by atoms with van der Waals surface area (Å²) in [5.41, 5.74) is 2.09. The van der Waals surface area contributed by atoms with Crippen LogP contribution in [0.15, 0.2) is 54.7 Å². The van der Waals surface area contributed by atoms with Crippen molar-refractivity contribution in [3.63, 3.8) is 0 Å². The van der Waals surface area contributed by atoms with Gasteiger partial charge in [-0.15, -0.1) is 0 Å². The van der Waals surface area contributed by atoms with Crippen LogP contribution >= 0.6 is 0 Å². The van der Waals surface area contributed by atoms with Crippen LogP contribution in [0.2, 0.25) is 0 Å². The lowest BCUT2D eigenvalue weighted by atomic mass is 10.1. The molecule has 3 rings (SSSR count). The molecule has 0 unspecified atom stereocenters. The Bertz CT molecular complexity index is 932. The number of hydrogen-bond acceptors (Lipinski definition) is 4. The third kappa shape index (κ3) is 4.42. The smallest absolute Gasteiger partial charge is 0.214 e. The van der Waals surface area contributed by atoms with E-state index in [2.05, 4.69) is 11.9 Å². The number of aryl methyl sites for hydroxylation is 1. The summed E-state index contributed by atoms with van der Waals surface area (Å²) in [6.45, 7) is 2.52. The maximum Gasteiger partial charge on any atom is 0.214 e. The lowest BCUT2D eigenvalue weighted by Gasteiger charge is -2.13. The second kappa shape index (κ2) is 9.22. The molecule has 0 bridgehead atoms. The Morgan fingerprint density at radius 3 is 2.64 bits per heavy atom. The molecule has 1 aromatic heterocycles. The second-order valence-electron chi connectivity index (χ2n) is 6.69. The van der Waals surface area contributed by atoms with Crippen LogP contribution in [-0.2, 0) is 20.1 Å². The Morgan fingerprint density at radius 2 is 1.93 bits per heavy atom. The summed E-state index contributed by atoms with van der Waals surface area (Å²) in [4.78, 5) is 17.6. The van der Waals surface area contributed by atoms with Gasteiger partial charge in [-0.05, 0) is 24.1 Å². The summed E-state index contributed by atoms with van der Waals surface area (Å²) in [6, 6.07) is 15.1. The number of nitrogens with zero attached hydrogens (tertiary/aromatic N) is 2. The highest BCUT2D eigenvalue weighted by Gasteiger charge is 2.20. The molecule has 0 N–H and O–H groups in total. The molecule has 0 amide bonds. The zero-order valence-corrected chi connectivity index (χ0v) is 16.6. The molecule has 146 valence electrons. The molecule has 0 fully saturated rings. The van der Waals surface area contributed by atoms with Crippen LogP contribution in [-0.4, -0.2) is 22.4 Å². The van der Waals surface area contributed by atoms with Crippen molar-refractivity contribution in [1.82, 2.24) is 9.55 Å². The molecule has 5 heteroatoms. The van der Waals surface area contributed by atoms with Crippen molar-refractivity contribution in [3.8, 4) is 11.5 Å². The van der Waals surface area contributed by atoms with Crippen LogP contribution in [0.25, 0.3) is 0 Å². The van der Waals surface area contributed by atoms with Gasteiger partial charge >= 0.3 is 0 Å². The lowest BCUT2D eigenvalue weighted by molar-refractivity contribution is 0.102. The van der Waals surface area contributed by atoms with Crippen molar-refractivity contribution in [2.24, 2.45) is 7.05 Å². The SMILES string of the molecule is CCCCc1ncc(C(=O)c2ccc(OC)cc2OCc2ccccc2)n1C. The van der Waals surface area contributed by atoms with Crippen LogP contribution < -0.4 is 9.47 Å². The van der Waals surface area contributed by atoms with Gasteiger partial charge in [0, 0.05) is 19.5 Å². The number of benzene rings is 2. The molecular weight excluding hydrogens is 352 g/mol. The third-order valence-corrected chi connectivity index (χ3v) is 4.74. The average molecular weight is 378 g/mol. The number of unbranched alkanes of at least 4 members (excludes halogenated alkanes) is 1. The van der Waals surface area contributed by atoms with Crippen molar-refractivity contribution in [2.75, 3.05) is 7.11 Å². The van der Waals surface area contributed by atoms with Crippen LogP contribution in [0.5, 0.6) is 11.5 Å². The van der Waals surface area contributed by atoms with Crippen LogP contribution in [0.3, 0.4) is 0 Å². The van der Waals surface area contributed by atoms with Gasteiger partial charge < -0.3 is 14.0 Å².